The summed E-state index contributed by atoms with van der Waals surface area (Å²) in [5.74, 6) is -1.05. The van der Waals surface area contributed by atoms with Crippen molar-refractivity contribution in [2.45, 2.75) is 24.8 Å². The summed E-state index contributed by atoms with van der Waals surface area (Å²) in [5, 5.41) is 0. The fourth-order valence-corrected chi connectivity index (χ4v) is 5.99. The zero-order valence-electron chi connectivity index (χ0n) is 17.0. The van der Waals surface area contributed by atoms with Crippen LogP contribution in [0.25, 0.3) is 0 Å². The van der Waals surface area contributed by atoms with E-state index >= 15 is 0 Å². The molecule has 2 amide bonds. The molecule has 1 aromatic heterocycles. The molecule has 0 radical (unpaired) electrons. The fraction of sp³-hybridized carbons (Fsp3) is 0.217. The molecule has 8 heteroatoms. The number of rotatable bonds is 7. The first-order valence-corrected chi connectivity index (χ1v) is 12.1. The van der Waals surface area contributed by atoms with Crippen LogP contribution in [0.2, 0.25) is 0 Å². The van der Waals surface area contributed by atoms with Crippen LogP contribution in [-0.2, 0) is 27.8 Å². The van der Waals surface area contributed by atoms with Crippen LogP contribution in [0.4, 0.5) is 0 Å². The first kappa shape index (κ1) is 21.3. The number of benzene rings is 2. The molecule has 0 atom stereocenters. The number of amides is 2. The van der Waals surface area contributed by atoms with Gasteiger partial charge in [0.1, 0.15) is 11.4 Å². The summed E-state index contributed by atoms with van der Waals surface area (Å²) >= 11 is 1.60. The van der Waals surface area contributed by atoms with Crippen LogP contribution in [-0.4, -0.2) is 42.5 Å². The Morgan fingerprint density at radius 1 is 1.00 bits per heavy atom. The normalized spacial score (nSPS) is 14.5. The predicted octanol–water partition coefficient (Wildman–Crippen LogP) is 3.47. The van der Waals surface area contributed by atoms with Crippen LogP contribution in [0.15, 0.2) is 71.6 Å². The highest BCUT2D eigenvalue weighted by Crippen LogP contribution is 2.30. The van der Waals surface area contributed by atoms with Crippen molar-refractivity contribution in [2.24, 2.45) is 0 Å². The van der Waals surface area contributed by atoms with E-state index in [1.165, 1.54) is 12.1 Å². The third kappa shape index (κ3) is 4.40. The van der Waals surface area contributed by atoms with E-state index in [2.05, 4.69) is 0 Å². The average molecular weight is 455 g/mol. The van der Waals surface area contributed by atoms with Gasteiger partial charge in [-0.25, -0.2) is 12.7 Å². The lowest BCUT2D eigenvalue weighted by Gasteiger charge is -2.25. The van der Waals surface area contributed by atoms with E-state index in [-0.39, 0.29) is 10.5 Å². The molecule has 0 spiro atoms. The maximum Gasteiger partial charge on any atom is 0.269 e. The van der Waals surface area contributed by atoms with E-state index < -0.39 is 28.4 Å². The molecular formula is C23H22N2O4S2. The second-order valence-electron chi connectivity index (χ2n) is 7.38. The number of fused-ring (bicyclic) bond motifs is 1. The third-order valence-electron chi connectivity index (χ3n) is 5.20. The first-order chi connectivity index (χ1) is 14.9. The van der Waals surface area contributed by atoms with Crippen LogP contribution >= 0.6 is 11.3 Å². The Hall–Kier alpha value is -2.97. The van der Waals surface area contributed by atoms with E-state index in [4.69, 9.17) is 0 Å². The van der Waals surface area contributed by atoms with E-state index in [1.807, 2.05) is 49.4 Å². The molecule has 4 rings (SSSR count). The Morgan fingerprint density at radius 2 is 1.71 bits per heavy atom. The van der Waals surface area contributed by atoms with Crippen molar-refractivity contribution in [3.8, 4) is 0 Å². The smallest absolute Gasteiger partial charge is 0.269 e. The van der Waals surface area contributed by atoms with E-state index in [0.717, 1.165) is 15.3 Å². The van der Waals surface area contributed by atoms with Crippen molar-refractivity contribution in [1.29, 1.82) is 0 Å². The zero-order chi connectivity index (χ0) is 22.0. The zero-order valence-corrected chi connectivity index (χ0v) is 18.7. The minimum atomic E-state index is -4.02. The summed E-state index contributed by atoms with van der Waals surface area (Å²) in [6, 6.07) is 19.8. The van der Waals surface area contributed by atoms with Crippen molar-refractivity contribution in [1.82, 2.24) is 9.21 Å². The second-order valence-corrected chi connectivity index (χ2v) is 10.6. The molecule has 2 heterocycles. The van der Waals surface area contributed by atoms with Crippen LogP contribution in [0.3, 0.4) is 0 Å². The molecule has 6 nitrogen and oxygen atoms in total. The maximum absolute atomic E-state index is 13.2. The Morgan fingerprint density at radius 3 is 2.39 bits per heavy atom. The Labute approximate surface area is 185 Å². The van der Waals surface area contributed by atoms with Gasteiger partial charge in [0, 0.05) is 16.3 Å². The summed E-state index contributed by atoms with van der Waals surface area (Å²) in [6.07, 6.45) is 0.637. The molecule has 2 aromatic carbocycles. The second kappa shape index (κ2) is 8.64. The molecule has 0 bridgehead atoms. The lowest BCUT2D eigenvalue weighted by Crippen LogP contribution is -2.43. The highest BCUT2D eigenvalue weighted by Gasteiger charge is 2.42. The maximum atomic E-state index is 13.2. The summed E-state index contributed by atoms with van der Waals surface area (Å²) in [6.45, 7) is 2.29. The Bertz CT molecular complexity index is 1220. The topological polar surface area (TPSA) is 74.8 Å². The number of sulfonamides is 1. The van der Waals surface area contributed by atoms with Gasteiger partial charge in [0.05, 0.1) is 12.1 Å². The van der Waals surface area contributed by atoms with Gasteiger partial charge in [-0.3, -0.25) is 9.59 Å². The summed E-state index contributed by atoms with van der Waals surface area (Å²) in [4.78, 5) is 29.6. The van der Waals surface area contributed by atoms with E-state index in [0.29, 0.717) is 23.8 Å². The largest absolute Gasteiger partial charge is 0.336 e. The van der Waals surface area contributed by atoms with Crippen LogP contribution in [0, 0.1) is 6.92 Å². The quantitative estimate of drug-likeness (QED) is 0.548. The van der Waals surface area contributed by atoms with Crippen LogP contribution in [0.1, 0.15) is 25.7 Å². The van der Waals surface area contributed by atoms with Gasteiger partial charge >= 0.3 is 0 Å². The summed E-state index contributed by atoms with van der Waals surface area (Å²) in [5.41, 5.74) is 1.19. The number of thiophene rings is 1. The van der Waals surface area contributed by atoms with Crippen molar-refractivity contribution in [2.75, 3.05) is 13.1 Å². The Balaban J connectivity index is 1.54. The van der Waals surface area contributed by atoms with Crippen molar-refractivity contribution in [3.05, 3.63) is 87.6 Å². The first-order valence-electron chi connectivity index (χ1n) is 9.89. The predicted molar refractivity (Wildman–Crippen MR) is 119 cm³/mol. The molecule has 0 saturated heterocycles. The number of aryl methyl sites for hydroxylation is 1. The van der Waals surface area contributed by atoms with Crippen molar-refractivity contribution in [3.63, 3.8) is 0 Å². The molecule has 1 aliphatic heterocycles. The number of hydrogen-bond donors (Lipinski definition) is 0. The van der Waals surface area contributed by atoms with Gasteiger partial charge in [-0.1, -0.05) is 42.5 Å². The number of carbonyl (C=O) groups excluding carboxylic acids is 2. The van der Waals surface area contributed by atoms with Crippen molar-refractivity contribution < 1.29 is 18.0 Å². The molecule has 0 N–H and O–H groups in total. The van der Waals surface area contributed by atoms with Gasteiger partial charge in [0.2, 0.25) is 5.91 Å². The van der Waals surface area contributed by atoms with Gasteiger partial charge in [-0.05, 0) is 43.2 Å². The van der Waals surface area contributed by atoms with Crippen LogP contribution in [0.5, 0.6) is 0 Å². The van der Waals surface area contributed by atoms with Gasteiger partial charge in [-0.2, -0.15) is 0 Å². The van der Waals surface area contributed by atoms with E-state index in [1.54, 1.807) is 28.4 Å². The van der Waals surface area contributed by atoms with Gasteiger partial charge in [0.15, 0.2) is 0 Å². The van der Waals surface area contributed by atoms with Gasteiger partial charge < -0.3 is 4.90 Å². The average Bonchev–Trinajstić information content (AvgIpc) is 3.26. The molecular weight excluding hydrogens is 432 g/mol. The van der Waals surface area contributed by atoms with Crippen molar-refractivity contribution >= 4 is 33.2 Å². The summed E-state index contributed by atoms with van der Waals surface area (Å²) in [7, 11) is -4.02. The van der Waals surface area contributed by atoms with E-state index in [9.17, 15) is 18.0 Å². The number of nitrogens with zero attached hydrogens (tertiary/aromatic N) is 2. The highest BCUT2D eigenvalue weighted by atomic mass is 32.2. The fourth-order valence-electron chi connectivity index (χ4n) is 3.57. The highest BCUT2D eigenvalue weighted by molar-refractivity contribution is 7.90. The van der Waals surface area contributed by atoms with Gasteiger partial charge in [-0.15, -0.1) is 11.3 Å². The number of carbonyl (C=O) groups is 2. The minimum Gasteiger partial charge on any atom is -0.336 e. The van der Waals surface area contributed by atoms with Gasteiger partial charge in [0.25, 0.3) is 15.9 Å². The minimum absolute atomic E-state index is 0.0440. The molecule has 0 fully saturated rings. The molecule has 0 saturated carbocycles. The molecule has 31 heavy (non-hydrogen) atoms. The summed E-state index contributed by atoms with van der Waals surface area (Å²) < 4.78 is 26.3. The number of hydrogen-bond acceptors (Lipinski definition) is 5. The molecule has 160 valence electrons. The molecule has 1 aliphatic rings. The third-order valence-corrected chi connectivity index (χ3v) is 7.97. The lowest BCUT2D eigenvalue weighted by atomic mass is 10.1. The van der Waals surface area contributed by atoms with Crippen LogP contribution < -0.4 is 0 Å². The Kier molecular flexibility index (Phi) is 5.93. The molecule has 0 aliphatic carbocycles. The monoisotopic (exact) mass is 454 g/mol. The lowest BCUT2D eigenvalue weighted by molar-refractivity contribution is -0.131. The standard InChI is InChI=1S/C23H22N2O4S2/c1-17-11-12-19(30-17)15-24(14-13-18-7-3-2-4-8-18)22(26)16-25-23(27)20-9-5-6-10-21(20)31(25,28)29/h2-12H,13-16H2,1H3. The molecule has 0 unspecified atom stereocenters. The SMILES string of the molecule is Cc1ccc(CN(CCc2ccccc2)C(=O)CN2C(=O)c3ccccc3S2(=O)=O)s1. The molecule has 3 aromatic rings.